The number of amides is 1. The summed E-state index contributed by atoms with van der Waals surface area (Å²) in [6.07, 6.45) is 2.53. The molecule has 1 aromatic carbocycles. The molecule has 0 aromatic heterocycles. The number of benzene rings is 1. The van der Waals surface area contributed by atoms with Crippen LogP contribution in [0.5, 0.6) is 5.75 Å². The number of carbonyl (C=O) groups excluding carboxylic acids is 1. The largest absolute Gasteiger partial charge is 0.488 e. The predicted molar refractivity (Wildman–Crippen MR) is 80.4 cm³/mol. The number of thioether (sulfide) groups is 1. The van der Waals surface area contributed by atoms with Crippen LogP contribution in [0.25, 0.3) is 0 Å². The highest BCUT2D eigenvalue weighted by Gasteiger charge is 2.16. The Bertz CT molecular complexity index is 474. The van der Waals surface area contributed by atoms with Crippen LogP contribution in [0, 0.1) is 11.6 Å². The lowest BCUT2D eigenvalue weighted by Gasteiger charge is -2.18. The predicted octanol–water partition coefficient (Wildman–Crippen LogP) is 1.93. The Balaban J connectivity index is 2.39. The molecule has 0 fully saturated rings. The van der Waals surface area contributed by atoms with E-state index >= 15 is 0 Å². The van der Waals surface area contributed by atoms with Crippen molar-refractivity contribution in [3.63, 3.8) is 0 Å². The van der Waals surface area contributed by atoms with Crippen LogP contribution in [0.3, 0.4) is 0 Å². The molecule has 0 aliphatic heterocycles. The second-order valence-electron chi connectivity index (χ2n) is 4.68. The Morgan fingerprint density at radius 2 is 2.19 bits per heavy atom. The van der Waals surface area contributed by atoms with E-state index in [1.54, 1.807) is 18.7 Å². The molecule has 0 aliphatic carbocycles. The van der Waals surface area contributed by atoms with Gasteiger partial charge in [0.15, 0.2) is 11.6 Å². The Morgan fingerprint density at radius 3 is 2.81 bits per heavy atom. The minimum atomic E-state index is -0.773. The van der Waals surface area contributed by atoms with E-state index in [-0.39, 0.29) is 24.3 Å². The Labute approximate surface area is 127 Å². The number of rotatable bonds is 8. The lowest BCUT2D eigenvalue weighted by molar-refractivity contribution is -0.123. The third-order valence-electron chi connectivity index (χ3n) is 2.74. The van der Waals surface area contributed by atoms with Gasteiger partial charge >= 0.3 is 0 Å². The molecule has 1 amide bonds. The summed E-state index contributed by atoms with van der Waals surface area (Å²) in [4.78, 5) is 11.8. The highest BCUT2D eigenvalue weighted by Crippen LogP contribution is 2.17. The summed E-state index contributed by atoms with van der Waals surface area (Å²) in [5.74, 6) is -0.949. The molecule has 0 saturated carbocycles. The van der Waals surface area contributed by atoms with Crippen LogP contribution in [0.1, 0.15) is 13.3 Å². The number of hydrogen-bond acceptors (Lipinski definition) is 4. The summed E-state index contributed by atoms with van der Waals surface area (Å²) < 4.78 is 31.3. The van der Waals surface area contributed by atoms with E-state index in [0.29, 0.717) is 6.42 Å². The quantitative estimate of drug-likeness (QED) is 0.769. The minimum absolute atomic E-state index is 0.0517. The number of nitrogens with one attached hydrogen (secondary N) is 1. The summed E-state index contributed by atoms with van der Waals surface area (Å²) in [5.41, 5.74) is 5.73. The number of nitrogens with two attached hydrogens (primary N) is 1. The van der Waals surface area contributed by atoms with Gasteiger partial charge in [-0.05, 0) is 37.5 Å². The highest BCUT2D eigenvalue weighted by atomic mass is 32.2. The first-order valence-corrected chi connectivity index (χ1v) is 7.96. The molecular weight excluding hydrogens is 298 g/mol. The Hall–Kier alpha value is -1.34. The lowest BCUT2D eigenvalue weighted by atomic mass is 10.2. The zero-order chi connectivity index (χ0) is 15.8. The van der Waals surface area contributed by atoms with Gasteiger partial charge in [0.25, 0.3) is 0 Å². The third kappa shape index (κ3) is 6.31. The van der Waals surface area contributed by atoms with Gasteiger partial charge in [-0.1, -0.05) is 0 Å². The van der Waals surface area contributed by atoms with Gasteiger partial charge in [-0.15, -0.1) is 0 Å². The molecule has 118 valence electrons. The average Bonchev–Trinajstić information content (AvgIpc) is 2.43. The third-order valence-corrected chi connectivity index (χ3v) is 3.39. The number of ether oxygens (including phenoxy) is 1. The molecule has 0 saturated heterocycles. The molecule has 4 nitrogen and oxygen atoms in total. The second kappa shape index (κ2) is 8.84. The van der Waals surface area contributed by atoms with Crippen LogP contribution in [0.4, 0.5) is 8.78 Å². The summed E-state index contributed by atoms with van der Waals surface area (Å²) in [6.45, 7) is 1.80. The molecule has 7 heteroatoms. The smallest absolute Gasteiger partial charge is 0.237 e. The standard InChI is InChI=1S/C14H20F2N2O2S/c1-9(18-14(19)12(17)5-6-21-2)8-20-13-4-3-10(15)7-11(13)16/h3-4,7,9,12H,5-6,8,17H2,1-2H3,(H,18,19)/t9?,12-/m0/s1. The van der Waals surface area contributed by atoms with Crippen LogP contribution in [-0.2, 0) is 4.79 Å². The van der Waals surface area contributed by atoms with Crippen LogP contribution >= 0.6 is 11.8 Å². The van der Waals surface area contributed by atoms with E-state index in [1.807, 2.05) is 6.26 Å². The van der Waals surface area contributed by atoms with Gasteiger partial charge in [-0.25, -0.2) is 8.78 Å². The summed E-state index contributed by atoms with van der Waals surface area (Å²) in [7, 11) is 0. The van der Waals surface area contributed by atoms with Crippen LogP contribution in [0.2, 0.25) is 0 Å². The van der Waals surface area contributed by atoms with Crippen LogP contribution < -0.4 is 15.8 Å². The topological polar surface area (TPSA) is 64.4 Å². The zero-order valence-corrected chi connectivity index (χ0v) is 12.9. The highest BCUT2D eigenvalue weighted by molar-refractivity contribution is 7.98. The van der Waals surface area contributed by atoms with Crippen molar-refractivity contribution in [2.75, 3.05) is 18.6 Å². The number of hydrogen-bond donors (Lipinski definition) is 2. The Kier molecular flexibility index (Phi) is 7.45. The maximum absolute atomic E-state index is 13.4. The van der Waals surface area contributed by atoms with Gasteiger partial charge in [-0.2, -0.15) is 11.8 Å². The molecule has 0 aliphatic rings. The van der Waals surface area contributed by atoms with Crippen molar-refractivity contribution < 1.29 is 18.3 Å². The molecule has 21 heavy (non-hydrogen) atoms. The summed E-state index contributed by atoms with van der Waals surface area (Å²) in [5, 5.41) is 2.69. The molecule has 3 N–H and O–H groups in total. The second-order valence-corrected chi connectivity index (χ2v) is 5.67. The molecule has 0 bridgehead atoms. The van der Waals surface area contributed by atoms with Crippen molar-refractivity contribution in [1.82, 2.24) is 5.32 Å². The fourth-order valence-corrected chi connectivity index (χ4v) is 2.06. The first-order chi connectivity index (χ1) is 9.93. The first-order valence-electron chi connectivity index (χ1n) is 6.56. The molecule has 0 heterocycles. The molecular formula is C14H20F2N2O2S. The van der Waals surface area contributed by atoms with Crippen molar-refractivity contribution in [3.05, 3.63) is 29.8 Å². The maximum Gasteiger partial charge on any atom is 0.237 e. The van der Waals surface area contributed by atoms with E-state index in [2.05, 4.69) is 5.32 Å². The summed E-state index contributed by atoms with van der Waals surface area (Å²) >= 11 is 1.62. The molecule has 1 unspecified atom stereocenters. The van der Waals surface area contributed by atoms with E-state index in [1.165, 1.54) is 6.07 Å². The van der Waals surface area contributed by atoms with Crippen molar-refractivity contribution in [2.45, 2.75) is 25.4 Å². The van der Waals surface area contributed by atoms with Gasteiger partial charge in [0.2, 0.25) is 5.91 Å². The summed E-state index contributed by atoms with van der Waals surface area (Å²) in [6, 6.07) is 2.17. The van der Waals surface area contributed by atoms with Gasteiger partial charge in [-0.3, -0.25) is 4.79 Å². The molecule has 1 rings (SSSR count). The monoisotopic (exact) mass is 318 g/mol. The van der Waals surface area contributed by atoms with Crippen LogP contribution in [-0.4, -0.2) is 36.6 Å². The van der Waals surface area contributed by atoms with Crippen molar-refractivity contribution in [1.29, 1.82) is 0 Å². The molecule has 0 spiro atoms. The van der Waals surface area contributed by atoms with Crippen molar-refractivity contribution in [2.24, 2.45) is 5.73 Å². The number of carbonyl (C=O) groups is 1. The zero-order valence-electron chi connectivity index (χ0n) is 12.1. The van der Waals surface area contributed by atoms with E-state index in [9.17, 15) is 13.6 Å². The minimum Gasteiger partial charge on any atom is -0.488 e. The molecule has 1 aromatic rings. The molecule has 0 radical (unpaired) electrons. The fraction of sp³-hybridized carbons (Fsp3) is 0.500. The molecule has 2 atom stereocenters. The Morgan fingerprint density at radius 1 is 1.48 bits per heavy atom. The van der Waals surface area contributed by atoms with Crippen molar-refractivity contribution in [3.8, 4) is 5.75 Å². The van der Waals surface area contributed by atoms with E-state index < -0.39 is 17.7 Å². The lowest BCUT2D eigenvalue weighted by Crippen LogP contribution is -2.46. The van der Waals surface area contributed by atoms with Gasteiger partial charge in [0, 0.05) is 6.07 Å². The van der Waals surface area contributed by atoms with Gasteiger partial charge < -0.3 is 15.8 Å². The van der Waals surface area contributed by atoms with Gasteiger partial charge in [0.05, 0.1) is 12.1 Å². The van der Waals surface area contributed by atoms with E-state index in [0.717, 1.165) is 17.9 Å². The van der Waals surface area contributed by atoms with Crippen LogP contribution in [0.15, 0.2) is 18.2 Å². The number of halogens is 2. The van der Waals surface area contributed by atoms with Crippen molar-refractivity contribution >= 4 is 17.7 Å². The first kappa shape index (κ1) is 17.7. The van der Waals surface area contributed by atoms with Gasteiger partial charge in [0.1, 0.15) is 12.4 Å². The normalized spacial score (nSPS) is 13.6. The maximum atomic E-state index is 13.4. The van der Waals surface area contributed by atoms with E-state index in [4.69, 9.17) is 10.5 Å². The average molecular weight is 318 g/mol. The SMILES string of the molecule is CSCC[C@H](N)C(=O)NC(C)COc1ccc(F)cc1F. The fourth-order valence-electron chi connectivity index (χ4n) is 1.57.